The number of aliphatic hydroxyl groups excluding tert-OH is 1. The van der Waals surface area contributed by atoms with Crippen molar-refractivity contribution < 1.29 is 17.9 Å². The van der Waals surface area contributed by atoms with Crippen LogP contribution in [-0.2, 0) is 9.84 Å². The van der Waals surface area contributed by atoms with E-state index in [4.69, 9.17) is 11.6 Å². The van der Waals surface area contributed by atoms with Crippen LogP contribution in [0.15, 0.2) is 53.4 Å². The number of nitriles is 1. The third kappa shape index (κ3) is 2.49. The molecule has 1 aliphatic rings. The van der Waals surface area contributed by atoms with Crippen molar-refractivity contribution in [2.45, 2.75) is 16.1 Å². The minimum atomic E-state index is -3.89. The lowest BCUT2D eigenvalue weighted by Crippen LogP contribution is -2.18. The molecule has 2 aromatic carbocycles. The van der Waals surface area contributed by atoms with E-state index in [0.717, 1.165) is 0 Å². The van der Waals surface area contributed by atoms with Crippen molar-refractivity contribution in [3.05, 3.63) is 64.9 Å². The number of nitrogens with zero attached hydrogens (tertiary/aromatic N) is 1. The maximum Gasteiger partial charge on any atom is 0.183 e. The lowest BCUT2D eigenvalue weighted by atomic mass is 10.0. The summed E-state index contributed by atoms with van der Waals surface area (Å²) in [5.74, 6) is -1.31. The first-order chi connectivity index (χ1) is 11.4. The molecular formula is C17H13ClFNO3S. The zero-order valence-electron chi connectivity index (χ0n) is 12.4. The Morgan fingerprint density at radius 3 is 2.46 bits per heavy atom. The Labute approximate surface area is 144 Å². The Bertz CT molecular complexity index is 924. The molecule has 7 heteroatoms. The lowest BCUT2D eigenvalue weighted by Gasteiger charge is -2.06. The lowest BCUT2D eigenvalue weighted by molar-refractivity contribution is 0.242. The number of aliphatic hydroxyl groups is 1. The summed E-state index contributed by atoms with van der Waals surface area (Å²) in [6.45, 7) is -0.623. The molecule has 0 spiro atoms. The molecule has 2 aromatic rings. The maximum atomic E-state index is 13.5. The first kappa shape index (κ1) is 16.9. The van der Waals surface area contributed by atoms with E-state index >= 15 is 0 Å². The van der Waals surface area contributed by atoms with E-state index in [2.05, 4.69) is 0 Å². The number of halogens is 2. The fourth-order valence-corrected chi connectivity index (χ4v) is 5.60. The topological polar surface area (TPSA) is 78.2 Å². The van der Waals surface area contributed by atoms with E-state index in [1.165, 1.54) is 42.5 Å². The van der Waals surface area contributed by atoms with Gasteiger partial charge in [-0.15, -0.1) is 0 Å². The van der Waals surface area contributed by atoms with Crippen molar-refractivity contribution in [3.8, 4) is 6.07 Å². The maximum absolute atomic E-state index is 13.5. The Kier molecular flexibility index (Phi) is 4.12. The van der Waals surface area contributed by atoms with Gasteiger partial charge in [-0.05, 0) is 42.0 Å². The van der Waals surface area contributed by atoms with E-state index in [-0.39, 0.29) is 4.90 Å². The van der Waals surface area contributed by atoms with E-state index < -0.39 is 38.8 Å². The summed E-state index contributed by atoms with van der Waals surface area (Å²) in [6, 6.07) is 13.0. The van der Waals surface area contributed by atoms with Crippen LogP contribution in [0.1, 0.15) is 11.5 Å². The summed E-state index contributed by atoms with van der Waals surface area (Å²) >= 11 is 5.78. The van der Waals surface area contributed by atoms with Gasteiger partial charge in [-0.25, -0.2) is 12.8 Å². The number of hydrogen-bond acceptors (Lipinski definition) is 4. The molecule has 124 valence electrons. The van der Waals surface area contributed by atoms with Crippen molar-refractivity contribution in [3.63, 3.8) is 0 Å². The van der Waals surface area contributed by atoms with Crippen molar-refractivity contribution in [1.82, 2.24) is 0 Å². The first-order valence-electron chi connectivity index (χ1n) is 7.14. The molecule has 1 fully saturated rings. The van der Waals surface area contributed by atoms with Crippen LogP contribution in [0.25, 0.3) is 0 Å². The average Bonchev–Trinajstić information content (AvgIpc) is 3.26. The third-order valence-corrected chi connectivity index (χ3v) is 6.95. The number of rotatable bonds is 4. The van der Waals surface area contributed by atoms with Gasteiger partial charge in [-0.1, -0.05) is 23.7 Å². The van der Waals surface area contributed by atoms with Crippen LogP contribution in [-0.4, -0.2) is 25.4 Å². The summed E-state index contributed by atoms with van der Waals surface area (Å²) in [7, 11) is -3.89. The zero-order chi connectivity index (χ0) is 17.5. The van der Waals surface area contributed by atoms with Gasteiger partial charge >= 0.3 is 0 Å². The first-order valence-corrected chi connectivity index (χ1v) is 9.06. The van der Waals surface area contributed by atoms with Gasteiger partial charge in [-0.2, -0.15) is 5.26 Å². The van der Waals surface area contributed by atoms with E-state index in [1.807, 2.05) is 6.07 Å². The van der Waals surface area contributed by atoms with E-state index in [1.54, 1.807) is 6.07 Å². The van der Waals surface area contributed by atoms with Crippen LogP contribution >= 0.6 is 11.6 Å². The highest BCUT2D eigenvalue weighted by Crippen LogP contribution is 2.63. The smallest absolute Gasteiger partial charge is 0.183 e. The molecule has 24 heavy (non-hydrogen) atoms. The Balaban J connectivity index is 2.08. The van der Waals surface area contributed by atoms with Crippen LogP contribution in [0.5, 0.6) is 0 Å². The highest BCUT2D eigenvalue weighted by atomic mass is 35.5. The molecule has 0 saturated heterocycles. The molecular weight excluding hydrogens is 353 g/mol. The van der Waals surface area contributed by atoms with Crippen molar-refractivity contribution >= 4 is 21.4 Å². The second-order valence-electron chi connectivity index (χ2n) is 5.76. The van der Waals surface area contributed by atoms with Crippen LogP contribution in [0.4, 0.5) is 4.39 Å². The molecule has 0 bridgehead atoms. The second kappa shape index (κ2) is 5.85. The number of benzene rings is 2. The number of hydrogen-bond donors (Lipinski definition) is 1. The molecule has 4 nitrogen and oxygen atoms in total. The molecule has 0 aliphatic heterocycles. The van der Waals surface area contributed by atoms with Gasteiger partial charge in [0, 0.05) is 10.9 Å². The third-order valence-electron chi connectivity index (χ3n) is 4.41. The van der Waals surface area contributed by atoms with Gasteiger partial charge in [-0.3, -0.25) is 0 Å². The molecule has 3 atom stereocenters. The van der Waals surface area contributed by atoms with Gasteiger partial charge in [0.05, 0.1) is 22.8 Å². The summed E-state index contributed by atoms with van der Waals surface area (Å²) in [4.78, 5) is 0.0175. The predicted molar refractivity (Wildman–Crippen MR) is 86.7 cm³/mol. The van der Waals surface area contributed by atoms with Crippen LogP contribution in [0.2, 0.25) is 5.02 Å². The normalized spacial score (nSPS) is 25.9. The van der Waals surface area contributed by atoms with Crippen LogP contribution < -0.4 is 0 Å². The fourth-order valence-electron chi connectivity index (χ4n) is 3.16. The van der Waals surface area contributed by atoms with Crippen molar-refractivity contribution in [1.29, 1.82) is 5.26 Å². The summed E-state index contributed by atoms with van der Waals surface area (Å²) < 4.78 is 39.3. The van der Waals surface area contributed by atoms with E-state index in [9.17, 15) is 23.2 Å². The van der Waals surface area contributed by atoms with E-state index in [0.29, 0.717) is 10.6 Å². The Morgan fingerprint density at radius 1 is 1.25 bits per heavy atom. The summed E-state index contributed by atoms with van der Waals surface area (Å²) in [5, 5.41) is 18.4. The highest BCUT2D eigenvalue weighted by Gasteiger charge is 2.72. The Hall–Kier alpha value is -1.94. The van der Waals surface area contributed by atoms with Crippen molar-refractivity contribution in [2.75, 3.05) is 6.61 Å². The standard InChI is InChI=1S/C17H13ClFNO3S/c18-12-4-6-14(7-5-12)24(22,23)16-15(17(16,9-20)10-21)11-2-1-3-13(19)8-11/h1-8,15-16,21H,10H2/t15-,16-,17-/m0/s1. The molecule has 0 aromatic heterocycles. The molecule has 3 rings (SSSR count). The highest BCUT2D eigenvalue weighted by molar-refractivity contribution is 7.92. The van der Waals surface area contributed by atoms with Gasteiger partial charge in [0.15, 0.2) is 9.84 Å². The number of sulfone groups is 1. The summed E-state index contributed by atoms with van der Waals surface area (Å²) in [5.41, 5.74) is -1.10. The predicted octanol–water partition coefficient (Wildman–Crippen LogP) is 2.92. The average molecular weight is 366 g/mol. The SMILES string of the molecule is N#C[C@]1(CO)[C@@H](c2cccc(F)c2)[C@@H]1S(=O)(=O)c1ccc(Cl)cc1. The van der Waals surface area contributed by atoms with Gasteiger partial charge in [0.1, 0.15) is 11.2 Å². The molecule has 0 heterocycles. The second-order valence-corrected chi connectivity index (χ2v) is 8.27. The molecule has 1 saturated carbocycles. The molecule has 0 unspecified atom stereocenters. The zero-order valence-corrected chi connectivity index (χ0v) is 13.9. The minimum absolute atomic E-state index is 0.0175. The summed E-state index contributed by atoms with van der Waals surface area (Å²) in [6.07, 6.45) is 0. The molecule has 1 aliphatic carbocycles. The minimum Gasteiger partial charge on any atom is -0.395 e. The van der Waals surface area contributed by atoms with Gasteiger partial charge in [0.25, 0.3) is 0 Å². The molecule has 0 amide bonds. The van der Waals surface area contributed by atoms with Gasteiger partial charge in [0.2, 0.25) is 0 Å². The fraction of sp³-hybridized carbons (Fsp3) is 0.235. The largest absolute Gasteiger partial charge is 0.395 e. The van der Waals surface area contributed by atoms with Crippen LogP contribution in [0, 0.1) is 22.6 Å². The van der Waals surface area contributed by atoms with Crippen molar-refractivity contribution in [2.24, 2.45) is 5.41 Å². The monoisotopic (exact) mass is 365 g/mol. The van der Waals surface area contributed by atoms with Crippen LogP contribution in [0.3, 0.4) is 0 Å². The van der Waals surface area contributed by atoms with Gasteiger partial charge < -0.3 is 5.11 Å². The molecule has 0 radical (unpaired) electrons. The Morgan fingerprint density at radius 2 is 1.92 bits per heavy atom. The molecule has 1 N–H and O–H groups in total. The quantitative estimate of drug-likeness (QED) is 0.903.